The van der Waals surface area contributed by atoms with Crippen molar-refractivity contribution in [3.63, 3.8) is 0 Å². The van der Waals surface area contributed by atoms with Crippen molar-refractivity contribution in [3.8, 4) is 0 Å². The van der Waals surface area contributed by atoms with E-state index in [1.165, 1.54) is 0 Å². The molecule has 0 aliphatic heterocycles. The van der Waals surface area contributed by atoms with Gasteiger partial charge in [0.1, 0.15) is 11.5 Å². The van der Waals surface area contributed by atoms with Gasteiger partial charge >= 0.3 is 0 Å². The highest BCUT2D eigenvalue weighted by Gasteiger charge is 2.22. The molecule has 0 rings (SSSR count). The summed E-state index contributed by atoms with van der Waals surface area (Å²) in [4.78, 5) is 0. The third-order valence-electron chi connectivity index (χ3n) is 3.21. The summed E-state index contributed by atoms with van der Waals surface area (Å²) in [7, 11) is 0. The predicted octanol–water partition coefficient (Wildman–Crippen LogP) is 5.87. The first-order valence-electron chi connectivity index (χ1n) is 6.78. The zero-order chi connectivity index (χ0) is 15.1. The van der Waals surface area contributed by atoms with E-state index in [1.54, 1.807) is 0 Å². The van der Waals surface area contributed by atoms with Crippen LogP contribution >= 0.6 is 23.5 Å². The summed E-state index contributed by atoms with van der Waals surface area (Å²) in [5.74, 6) is 2.15. The van der Waals surface area contributed by atoms with E-state index in [0.29, 0.717) is 0 Å². The molecule has 0 fully saturated rings. The number of ether oxygens (including phenoxy) is 1. The van der Waals surface area contributed by atoms with Crippen molar-refractivity contribution >= 4 is 23.5 Å². The maximum absolute atomic E-state index is 6.12. The van der Waals surface area contributed by atoms with Gasteiger partial charge in [0.15, 0.2) is 0 Å². The molecule has 0 atom stereocenters. The highest BCUT2D eigenvalue weighted by Crippen LogP contribution is 2.33. The SMILES string of the molecule is CC=C(CC(C)(C)SC)OC(=CC)CC(C)(C)SC. The first-order chi connectivity index (χ1) is 8.69. The first-order valence-corrected chi connectivity index (χ1v) is 9.23. The summed E-state index contributed by atoms with van der Waals surface area (Å²) < 4.78 is 6.56. The van der Waals surface area contributed by atoms with E-state index >= 15 is 0 Å². The Kier molecular flexibility index (Phi) is 8.30. The zero-order valence-electron chi connectivity index (χ0n) is 13.8. The fourth-order valence-electron chi connectivity index (χ4n) is 1.55. The van der Waals surface area contributed by atoms with E-state index in [4.69, 9.17) is 4.74 Å². The van der Waals surface area contributed by atoms with Gasteiger partial charge in [0.05, 0.1) is 0 Å². The zero-order valence-corrected chi connectivity index (χ0v) is 15.4. The average Bonchev–Trinajstić information content (AvgIpc) is 2.36. The Hall–Kier alpha value is -0.0200. The summed E-state index contributed by atoms with van der Waals surface area (Å²) >= 11 is 3.76. The first kappa shape index (κ1) is 19.0. The second-order valence-corrected chi connectivity index (χ2v) is 8.92. The standard InChI is InChI=1S/C16H30OS2/c1-9-13(11-15(3,4)18-7)17-14(10-2)12-16(5,6)19-8/h9-10H,11-12H2,1-8H3. The molecule has 0 N–H and O–H groups in total. The van der Waals surface area contributed by atoms with E-state index in [2.05, 4.69) is 66.2 Å². The van der Waals surface area contributed by atoms with Crippen molar-refractivity contribution in [2.75, 3.05) is 12.5 Å². The van der Waals surface area contributed by atoms with Gasteiger partial charge in [-0.1, -0.05) is 27.7 Å². The average molecular weight is 303 g/mol. The summed E-state index contributed by atoms with van der Waals surface area (Å²) in [5.41, 5.74) is 0. The van der Waals surface area contributed by atoms with Crippen molar-refractivity contribution in [3.05, 3.63) is 23.7 Å². The van der Waals surface area contributed by atoms with Gasteiger partial charge in [-0.05, 0) is 38.5 Å². The Morgan fingerprint density at radius 1 is 0.842 bits per heavy atom. The quantitative estimate of drug-likeness (QED) is 0.519. The molecule has 0 amide bonds. The minimum absolute atomic E-state index is 0.218. The Morgan fingerprint density at radius 2 is 1.16 bits per heavy atom. The van der Waals surface area contributed by atoms with Gasteiger partial charge in [0.2, 0.25) is 0 Å². The smallest absolute Gasteiger partial charge is 0.101 e. The molecule has 0 saturated carbocycles. The molecule has 0 aromatic carbocycles. The fraction of sp³-hybridized carbons (Fsp3) is 0.750. The minimum atomic E-state index is 0.218. The summed E-state index contributed by atoms with van der Waals surface area (Å²) in [6, 6.07) is 0. The van der Waals surface area contributed by atoms with Crippen LogP contribution in [0.3, 0.4) is 0 Å². The molecule has 0 aromatic rings. The minimum Gasteiger partial charge on any atom is -0.467 e. The van der Waals surface area contributed by atoms with Gasteiger partial charge in [-0.3, -0.25) is 0 Å². The normalized spacial score (nSPS) is 14.7. The van der Waals surface area contributed by atoms with Crippen LogP contribution in [0.2, 0.25) is 0 Å². The van der Waals surface area contributed by atoms with Crippen LogP contribution in [0.1, 0.15) is 54.4 Å². The molecule has 1 nitrogen and oxygen atoms in total. The monoisotopic (exact) mass is 302 g/mol. The van der Waals surface area contributed by atoms with Gasteiger partial charge in [-0.15, -0.1) is 0 Å². The second-order valence-electron chi connectivity index (χ2n) is 5.89. The molecule has 0 spiro atoms. The van der Waals surface area contributed by atoms with E-state index in [-0.39, 0.29) is 9.49 Å². The molecule has 0 bridgehead atoms. The molecule has 0 radical (unpaired) electrons. The van der Waals surface area contributed by atoms with Crippen molar-refractivity contribution in [1.82, 2.24) is 0 Å². The molecule has 112 valence electrons. The van der Waals surface area contributed by atoms with Crippen LogP contribution in [0.15, 0.2) is 23.7 Å². The molecular formula is C16H30OS2. The van der Waals surface area contributed by atoms with Gasteiger partial charge in [0, 0.05) is 22.3 Å². The van der Waals surface area contributed by atoms with E-state index in [0.717, 1.165) is 24.4 Å². The summed E-state index contributed by atoms with van der Waals surface area (Å²) in [5, 5.41) is 0. The Labute approximate surface area is 128 Å². The van der Waals surface area contributed by atoms with E-state index in [1.807, 2.05) is 23.5 Å². The predicted molar refractivity (Wildman–Crippen MR) is 93.0 cm³/mol. The number of rotatable bonds is 8. The molecule has 3 heteroatoms. The van der Waals surface area contributed by atoms with Crippen LogP contribution in [0, 0.1) is 0 Å². The highest BCUT2D eigenvalue weighted by molar-refractivity contribution is 8.00. The van der Waals surface area contributed by atoms with Crippen molar-refractivity contribution < 1.29 is 4.74 Å². The van der Waals surface area contributed by atoms with Crippen LogP contribution in [0.4, 0.5) is 0 Å². The molecule has 0 saturated heterocycles. The maximum Gasteiger partial charge on any atom is 0.101 e. The molecule has 0 unspecified atom stereocenters. The van der Waals surface area contributed by atoms with Gasteiger partial charge < -0.3 is 4.74 Å². The van der Waals surface area contributed by atoms with E-state index < -0.39 is 0 Å². The van der Waals surface area contributed by atoms with Crippen molar-refractivity contribution in [2.45, 2.75) is 63.9 Å². The highest BCUT2D eigenvalue weighted by atomic mass is 32.2. The van der Waals surface area contributed by atoms with Crippen molar-refractivity contribution in [2.24, 2.45) is 0 Å². The van der Waals surface area contributed by atoms with Gasteiger partial charge in [-0.2, -0.15) is 23.5 Å². The molecule has 0 heterocycles. The topological polar surface area (TPSA) is 9.23 Å². The number of thioether (sulfide) groups is 2. The molecule has 0 aliphatic rings. The van der Waals surface area contributed by atoms with Crippen LogP contribution in [0.25, 0.3) is 0 Å². The third-order valence-corrected chi connectivity index (χ3v) is 5.71. The largest absolute Gasteiger partial charge is 0.467 e. The van der Waals surface area contributed by atoms with Crippen LogP contribution < -0.4 is 0 Å². The summed E-state index contributed by atoms with van der Waals surface area (Å²) in [6.07, 6.45) is 10.4. The lowest BCUT2D eigenvalue weighted by molar-refractivity contribution is 0.262. The number of allylic oxidation sites excluding steroid dienone is 4. The lowest BCUT2D eigenvalue weighted by atomic mass is 10.1. The molecular weight excluding hydrogens is 272 g/mol. The fourth-order valence-corrected chi connectivity index (χ4v) is 2.12. The van der Waals surface area contributed by atoms with Crippen LogP contribution in [0.5, 0.6) is 0 Å². The number of hydrogen-bond donors (Lipinski definition) is 0. The molecule has 0 aromatic heterocycles. The lowest BCUT2D eigenvalue weighted by Crippen LogP contribution is -2.18. The van der Waals surface area contributed by atoms with Crippen LogP contribution in [-0.2, 0) is 4.74 Å². The summed E-state index contributed by atoms with van der Waals surface area (Å²) in [6.45, 7) is 13.1. The molecule has 0 aliphatic carbocycles. The third kappa shape index (κ3) is 7.98. The van der Waals surface area contributed by atoms with Crippen molar-refractivity contribution in [1.29, 1.82) is 0 Å². The maximum atomic E-state index is 6.12. The Morgan fingerprint density at radius 3 is 1.37 bits per heavy atom. The van der Waals surface area contributed by atoms with Gasteiger partial charge in [0.25, 0.3) is 0 Å². The molecule has 19 heavy (non-hydrogen) atoms. The van der Waals surface area contributed by atoms with E-state index in [9.17, 15) is 0 Å². The Bertz CT molecular complexity index is 296. The lowest BCUT2D eigenvalue weighted by Gasteiger charge is -2.27. The second kappa shape index (κ2) is 8.31. The number of hydrogen-bond acceptors (Lipinski definition) is 3. The van der Waals surface area contributed by atoms with Crippen LogP contribution in [-0.4, -0.2) is 22.0 Å². The Balaban J connectivity index is 4.70. The van der Waals surface area contributed by atoms with Gasteiger partial charge in [-0.25, -0.2) is 0 Å².